The van der Waals surface area contributed by atoms with Gasteiger partial charge in [-0.05, 0) is 25.1 Å². The number of ether oxygens (including phenoxy) is 2. The summed E-state index contributed by atoms with van der Waals surface area (Å²) in [6.45, 7) is 2.13. The molecule has 0 spiro atoms. The maximum atomic E-state index is 13.6. The van der Waals surface area contributed by atoms with Gasteiger partial charge in [-0.15, -0.1) is 4.98 Å². The number of nitrogens with zero attached hydrogens (tertiary/aromatic N) is 3. The number of hydrogen-bond acceptors (Lipinski definition) is 7. The second kappa shape index (κ2) is 6.44. The number of benzene rings is 1. The van der Waals surface area contributed by atoms with Crippen molar-refractivity contribution >= 4 is 21.9 Å². The van der Waals surface area contributed by atoms with Crippen molar-refractivity contribution in [3.05, 3.63) is 28.5 Å². The number of nitrogens with two attached hydrogens (primary N) is 1. The molecule has 0 bridgehead atoms. The third kappa shape index (κ3) is 3.52. The first kappa shape index (κ1) is 14.4. The smallest absolute Gasteiger partial charge is 0.330 e. The molecule has 20 heavy (non-hydrogen) atoms. The number of anilines is 1. The van der Waals surface area contributed by atoms with Crippen LogP contribution < -0.4 is 20.7 Å². The van der Waals surface area contributed by atoms with Crippen molar-refractivity contribution in [2.45, 2.75) is 6.92 Å². The number of aromatic nitrogens is 3. The molecular weight excluding hydrogens is 333 g/mol. The molecule has 106 valence electrons. The molecule has 9 heteroatoms. The van der Waals surface area contributed by atoms with Gasteiger partial charge >= 0.3 is 12.0 Å². The van der Waals surface area contributed by atoms with Gasteiger partial charge in [0, 0.05) is 4.47 Å². The molecule has 0 amide bonds. The zero-order valence-electron chi connectivity index (χ0n) is 10.4. The van der Waals surface area contributed by atoms with Gasteiger partial charge < -0.3 is 9.47 Å². The Morgan fingerprint density at radius 1 is 1.30 bits per heavy atom. The van der Waals surface area contributed by atoms with Crippen LogP contribution in [0.5, 0.6) is 17.8 Å². The Hall–Kier alpha value is -2.00. The van der Waals surface area contributed by atoms with Crippen LogP contribution in [0.2, 0.25) is 0 Å². The minimum atomic E-state index is -0.547. The Kier molecular flexibility index (Phi) is 4.64. The molecule has 2 aromatic rings. The molecule has 1 aromatic heterocycles. The topological polar surface area (TPSA) is 95.2 Å². The average Bonchev–Trinajstić information content (AvgIpc) is 2.43. The first-order valence-corrected chi connectivity index (χ1v) is 6.40. The summed E-state index contributed by atoms with van der Waals surface area (Å²) in [5.41, 5.74) is 2.25. The van der Waals surface area contributed by atoms with E-state index < -0.39 is 5.82 Å². The highest BCUT2D eigenvalue weighted by Crippen LogP contribution is 2.26. The van der Waals surface area contributed by atoms with E-state index in [9.17, 15) is 4.39 Å². The van der Waals surface area contributed by atoms with Gasteiger partial charge in [-0.1, -0.05) is 15.9 Å². The lowest BCUT2D eigenvalue weighted by Gasteiger charge is -2.08. The molecule has 1 heterocycles. The van der Waals surface area contributed by atoms with Crippen molar-refractivity contribution < 1.29 is 13.9 Å². The molecule has 0 aliphatic carbocycles. The Labute approximate surface area is 122 Å². The number of nitrogen functional groups attached to an aromatic ring is 1. The lowest BCUT2D eigenvalue weighted by Crippen LogP contribution is -2.13. The van der Waals surface area contributed by atoms with Crippen molar-refractivity contribution in [3.63, 3.8) is 0 Å². The van der Waals surface area contributed by atoms with Gasteiger partial charge in [-0.3, -0.25) is 5.43 Å². The van der Waals surface area contributed by atoms with E-state index in [0.29, 0.717) is 11.1 Å². The minimum Gasteiger partial charge on any atom is -0.464 e. The normalized spacial score (nSPS) is 10.2. The van der Waals surface area contributed by atoms with Crippen molar-refractivity contribution in [1.29, 1.82) is 0 Å². The van der Waals surface area contributed by atoms with Gasteiger partial charge in [0.25, 0.3) is 0 Å². The summed E-state index contributed by atoms with van der Waals surface area (Å²) in [6.07, 6.45) is 0. The largest absolute Gasteiger partial charge is 0.464 e. The van der Waals surface area contributed by atoms with Crippen LogP contribution in [0, 0.1) is 5.82 Å². The van der Waals surface area contributed by atoms with E-state index in [1.807, 2.05) is 0 Å². The highest BCUT2D eigenvalue weighted by Gasteiger charge is 2.11. The van der Waals surface area contributed by atoms with Crippen LogP contribution in [0.25, 0.3) is 0 Å². The van der Waals surface area contributed by atoms with E-state index >= 15 is 0 Å². The molecule has 0 atom stereocenters. The molecule has 0 radical (unpaired) electrons. The van der Waals surface area contributed by atoms with E-state index in [0.717, 1.165) is 0 Å². The Balaban J connectivity index is 2.32. The molecule has 0 aliphatic rings. The van der Waals surface area contributed by atoms with Gasteiger partial charge in [0.2, 0.25) is 5.95 Å². The summed E-state index contributed by atoms with van der Waals surface area (Å²) in [7, 11) is 0. The van der Waals surface area contributed by atoms with Crippen molar-refractivity contribution in [1.82, 2.24) is 15.0 Å². The van der Waals surface area contributed by atoms with E-state index in [-0.39, 0.29) is 23.7 Å². The molecule has 2 rings (SSSR count). The van der Waals surface area contributed by atoms with Crippen LogP contribution >= 0.6 is 15.9 Å². The van der Waals surface area contributed by atoms with Crippen LogP contribution in [0.3, 0.4) is 0 Å². The average molecular weight is 344 g/mol. The quantitative estimate of drug-likeness (QED) is 0.634. The second-order valence-corrected chi connectivity index (χ2v) is 4.39. The molecule has 7 nitrogen and oxygen atoms in total. The number of hydrogen-bond donors (Lipinski definition) is 2. The SMILES string of the molecule is CCOc1nc(NN)nc(Oc2cc(Br)ccc2F)n1. The lowest BCUT2D eigenvalue weighted by atomic mass is 10.3. The van der Waals surface area contributed by atoms with Crippen molar-refractivity contribution in [2.24, 2.45) is 5.84 Å². The minimum absolute atomic E-state index is 0.0286. The van der Waals surface area contributed by atoms with E-state index in [4.69, 9.17) is 15.3 Å². The highest BCUT2D eigenvalue weighted by molar-refractivity contribution is 9.10. The van der Waals surface area contributed by atoms with E-state index in [2.05, 4.69) is 36.3 Å². The Morgan fingerprint density at radius 2 is 2.05 bits per heavy atom. The van der Waals surface area contributed by atoms with Gasteiger partial charge in [0.15, 0.2) is 11.6 Å². The fourth-order valence-electron chi connectivity index (χ4n) is 1.30. The molecule has 0 unspecified atom stereocenters. The number of nitrogens with one attached hydrogen (secondary N) is 1. The van der Waals surface area contributed by atoms with Crippen LogP contribution in [0.4, 0.5) is 10.3 Å². The van der Waals surface area contributed by atoms with E-state index in [1.54, 1.807) is 13.0 Å². The van der Waals surface area contributed by atoms with Crippen molar-refractivity contribution in [3.8, 4) is 17.8 Å². The van der Waals surface area contributed by atoms with Gasteiger partial charge in [-0.2, -0.15) is 9.97 Å². The summed E-state index contributed by atoms with van der Waals surface area (Å²) in [5, 5.41) is 0. The predicted molar refractivity (Wildman–Crippen MR) is 73.0 cm³/mol. The number of halogens is 2. The standard InChI is InChI=1S/C11H11BrFN5O2/c1-2-19-10-15-9(18-14)16-11(17-10)20-8-5-6(12)3-4-7(8)13/h3-5H,2,14H2,1H3,(H,15,16,17,18). The van der Waals surface area contributed by atoms with Gasteiger partial charge in [0.05, 0.1) is 6.61 Å². The lowest BCUT2D eigenvalue weighted by molar-refractivity contribution is 0.302. The third-order valence-corrected chi connectivity index (χ3v) is 2.58. The summed E-state index contributed by atoms with van der Waals surface area (Å²) < 4.78 is 24.7. The number of hydrazine groups is 1. The predicted octanol–water partition coefficient (Wildman–Crippen LogP) is 2.25. The first-order valence-electron chi connectivity index (χ1n) is 5.60. The molecule has 3 N–H and O–H groups in total. The molecule has 0 aliphatic heterocycles. The fourth-order valence-corrected chi connectivity index (χ4v) is 1.64. The molecular formula is C11H11BrFN5O2. The maximum Gasteiger partial charge on any atom is 0.330 e. The highest BCUT2D eigenvalue weighted by atomic mass is 79.9. The van der Waals surface area contributed by atoms with Crippen LogP contribution in [0.1, 0.15) is 6.92 Å². The summed E-state index contributed by atoms with van der Waals surface area (Å²) in [4.78, 5) is 11.6. The van der Waals surface area contributed by atoms with Crippen LogP contribution in [-0.2, 0) is 0 Å². The number of rotatable bonds is 5. The fraction of sp³-hybridized carbons (Fsp3) is 0.182. The van der Waals surface area contributed by atoms with Gasteiger partial charge in [-0.25, -0.2) is 10.2 Å². The third-order valence-electron chi connectivity index (χ3n) is 2.09. The van der Waals surface area contributed by atoms with Crippen LogP contribution in [0.15, 0.2) is 22.7 Å². The monoisotopic (exact) mass is 343 g/mol. The summed E-state index contributed by atoms with van der Waals surface area (Å²) >= 11 is 3.22. The maximum absolute atomic E-state index is 13.6. The van der Waals surface area contributed by atoms with Crippen molar-refractivity contribution in [2.75, 3.05) is 12.0 Å². The summed E-state index contributed by atoms with van der Waals surface area (Å²) in [6, 6.07) is 4.16. The molecule has 0 fully saturated rings. The zero-order valence-corrected chi connectivity index (χ0v) is 12.0. The van der Waals surface area contributed by atoms with Gasteiger partial charge in [0.1, 0.15) is 0 Å². The molecule has 0 saturated carbocycles. The molecule has 1 aromatic carbocycles. The summed E-state index contributed by atoms with van der Waals surface area (Å²) in [5.74, 6) is 4.71. The Bertz CT molecular complexity index is 613. The second-order valence-electron chi connectivity index (χ2n) is 3.48. The first-order chi connectivity index (χ1) is 9.62. The zero-order chi connectivity index (χ0) is 14.5. The van der Waals surface area contributed by atoms with E-state index in [1.165, 1.54) is 12.1 Å². The Morgan fingerprint density at radius 3 is 2.75 bits per heavy atom. The molecule has 0 saturated heterocycles. The van der Waals surface area contributed by atoms with Crippen LogP contribution in [-0.4, -0.2) is 21.6 Å².